The van der Waals surface area contributed by atoms with E-state index in [1.54, 1.807) is 11.3 Å². The fraction of sp³-hybridized carbons (Fsp3) is 0.375. The van der Waals surface area contributed by atoms with E-state index in [1.165, 1.54) is 0 Å². The van der Waals surface area contributed by atoms with Crippen LogP contribution in [0.2, 0.25) is 0 Å². The molecule has 3 rings (SSSR count). The van der Waals surface area contributed by atoms with Crippen LogP contribution in [-0.4, -0.2) is 20.3 Å². The van der Waals surface area contributed by atoms with Crippen LogP contribution in [0.25, 0.3) is 10.2 Å². The van der Waals surface area contributed by atoms with Crippen LogP contribution in [0.4, 0.5) is 5.69 Å². The van der Waals surface area contributed by atoms with Crippen molar-refractivity contribution in [3.8, 4) is 0 Å². The molecule has 3 aromatic rings. The molecule has 0 radical (unpaired) electrons. The smallest absolute Gasteiger partial charge is 0.272 e. The standard InChI is InChI=1S/C16H20N4OS/c1-9(2)20-11(4)15(10(3)18-20)17-16(21)13-8-14-12(19(13)5)6-7-22-14/h6-9H,1-5H3,(H,17,21). The number of amides is 1. The number of fused-ring (bicyclic) bond motifs is 1. The minimum absolute atomic E-state index is 0.0968. The zero-order valence-corrected chi connectivity index (χ0v) is 14.3. The van der Waals surface area contributed by atoms with Crippen molar-refractivity contribution in [3.05, 3.63) is 34.6 Å². The summed E-state index contributed by atoms with van der Waals surface area (Å²) in [4.78, 5) is 12.6. The first-order valence-corrected chi connectivity index (χ1v) is 8.18. The number of thiophene rings is 1. The van der Waals surface area contributed by atoms with E-state index in [2.05, 4.69) is 24.3 Å². The van der Waals surface area contributed by atoms with Gasteiger partial charge in [0.05, 0.1) is 27.3 Å². The van der Waals surface area contributed by atoms with Gasteiger partial charge in [-0.3, -0.25) is 9.48 Å². The first kappa shape index (κ1) is 14.8. The van der Waals surface area contributed by atoms with Crippen molar-refractivity contribution in [1.82, 2.24) is 14.3 Å². The number of anilines is 1. The molecule has 3 aromatic heterocycles. The van der Waals surface area contributed by atoms with E-state index in [-0.39, 0.29) is 11.9 Å². The lowest BCUT2D eigenvalue weighted by molar-refractivity contribution is 0.101. The predicted octanol–water partition coefficient (Wildman–Crippen LogP) is 3.89. The minimum atomic E-state index is -0.0968. The molecule has 0 aliphatic rings. The number of rotatable bonds is 3. The maximum absolute atomic E-state index is 12.6. The number of nitrogens with zero attached hydrogens (tertiary/aromatic N) is 3. The fourth-order valence-electron chi connectivity index (χ4n) is 2.79. The van der Waals surface area contributed by atoms with Gasteiger partial charge in [-0.05, 0) is 45.2 Å². The van der Waals surface area contributed by atoms with Crippen LogP contribution in [0.5, 0.6) is 0 Å². The summed E-state index contributed by atoms with van der Waals surface area (Å²) in [6.07, 6.45) is 0. The van der Waals surface area contributed by atoms with E-state index < -0.39 is 0 Å². The molecule has 0 spiro atoms. The lowest BCUT2D eigenvalue weighted by Crippen LogP contribution is -2.16. The number of nitrogens with one attached hydrogen (secondary N) is 1. The van der Waals surface area contributed by atoms with E-state index >= 15 is 0 Å². The number of hydrogen-bond acceptors (Lipinski definition) is 3. The Hall–Kier alpha value is -2.08. The van der Waals surface area contributed by atoms with Gasteiger partial charge in [0.15, 0.2) is 0 Å². The molecule has 0 unspecified atom stereocenters. The second-order valence-electron chi connectivity index (χ2n) is 5.80. The summed E-state index contributed by atoms with van der Waals surface area (Å²) in [6.45, 7) is 8.07. The monoisotopic (exact) mass is 316 g/mol. The summed E-state index contributed by atoms with van der Waals surface area (Å²) in [7, 11) is 1.92. The first-order chi connectivity index (χ1) is 10.4. The third-order valence-corrected chi connectivity index (χ3v) is 4.80. The molecule has 0 fully saturated rings. The lowest BCUT2D eigenvalue weighted by Gasteiger charge is -2.10. The van der Waals surface area contributed by atoms with Gasteiger partial charge in [-0.2, -0.15) is 5.10 Å². The van der Waals surface area contributed by atoms with Crippen LogP contribution >= 0.6 is 11.3 Å². The van der Waals surface area contributed by atoms with E-state index in [0.29, 0.717) is 5.69 Å². The van der Waals surface area contributed by atoms with Crippen molar-refractivity contribution >= 4 is 33.1 Å². The number of aryl methyl sites for hydroxylation is 2. The highest BCUT2D eigenvalue weighted by molar-refractivity contribution is 7.17. The van der Waals surface area contributed by atoms with Gasteiger partial charge in [0.2, 0.25) is 0 Å². The molecular formula is C16H20N4OS. The molecule has 0 saturated carbocycles. The van der Waals surface area contributed by atoms with Crippen LogP contribution in [0.1, 0.15) is 41.8 Å². The molecule has 0 aromatic carbocycles. The maximum atomic E-state index is 12.6. The SMILES string of the molecule is Cc1nn(C(C)C)c(C)c1NC(=O)c1cc2sccc2n1C. The van der Waals surface area contributed by atoms with Crippen molar-refractivity contribution in [1.29, 1.82) is 0 Å². The average Bonchev–Trinajstić information content (AvgIpc) is 3.10. The van der Waals surface area contributed by atoms with Gasteiger partial charge in [-0.25, -0.2) is 0 Å². The van der Waals surface area contributed by atoms with Crippen molar-refractivity contribution < 1.29 is 4.79 Å². The zero-order chi connectivity index (χ0) is 16.0. The van der Waals surface area contributed by atoms with Gasteiger partial charge in [-0.1, -0.05) is 0 Å². The second-order valence-corrected chi connectivity index (χ2v) is 6.74. The Kier molecular flexibility index (Phi) is 3.56. The molecule has 1 amide bonds. The summed E-state index contributed by atoms with van der Waals surface area (Å²) in [5, 5.41) is 9.57. The number of carbonyl (C=O) groups excluding carboxylic acids is 1. The molecule has 1 N–H and O–H groups in total. The topological polar surface area (TPSA) is 51.9 Å². The van der Waals surface area contributed by atoms with Crippen molar-refractivity contribution in [2.75, 3.05) is 5.32 Å². The van der Waals surface area contributed by atoms with Gasteiger partial charge >= 0.3 is 0 Å². The normalized spacial score (nSPS) is 11.5. The van der Waals surface area contributed by atoms with Gasteiger partial charge in [-0.15, -0.1) is 11.3 Å². The maximum Gasteiger partial charge on any atom is 0.272 e. The largest absolute Gasteiger partial charge is 0.339 e. The number of carbonyl (C=O) groups is 1. The number of aromatic nitrogens is 3. The Labute approximate surface area is 133 Å². The van der Waals surface area contributed by atoms with E-state index in [1.807, 2.05) is 47.7 Å². The molecule has 0 saturated heterocycles. The first-order valence-electron chi connectivity index (χ1n) is 7.30. The lowest BCUT2D eigenvalue weighted by atomic mass is 10.3. The Morgan fingerprint density at radius 3 is 2.68 bits per heavy atom. The van der Waals surface area contributed by atoms with Crippen LogP contribution < -0.4 is 5.32 Å². The van der Waals surface area contributed by atoms with Gasteiger partial charge in [0, 0.05) is 13.1 Å². The molecule has 0 aliphatic carbocycles. The third kappa shape index (κ3) is 2.23. The van der Waals surface area contributed by atoms with Crippen molar-refractivity contribution in [2.45, 2.75) is 33.7 Å². The average molecular weight is 316 g/mol. The Morgan fingerprint density at radius 2 is 2.09 bits per heavy atom. The molecule has 116 valence electrons. The highest BCUT2D eigenvalue weighted by atomic mass is 32.1. The predicted molar refractivity (Wildman–Crippen MR) is 90.8 cm³/mol. The molecule has 3 heterocycles. The fourth-order valence-corrected chi connectivity index (χ4v) is 3.64. The molecular weight excluding hydrogens is 296 g/mol. The Bertz CT molecular complexity index is 853. The van der Waals surface area contributed by atoms with Crippen LogP contribution in [0, 0.1) is 13.8 Å². The molecule has 22 heavy (non-hydrogen) atoms. The van der Waals surface area contributed by atoms with E-state index in [4.69, 9.17) is 0 Å². The summed E-state index contributed by atoms with van der Waals surface area (Å²) >= 11 is 1.64. The van der Waals surface area contributed by atoms with Crippen LogP contribution in [0.3, 0.4) is 0 Å². The number of hydrogen-bond donors (Lipinski definition) is 1. The molecule has 0 bridgehead atoms. The zero-order valence-electron chi connectivity index (χ0n) is 13.5. The summed E-state index contributed by atoms with van der Waals surface area (Å²) in [5.41, 5.74) is 4.38. The summed E-state index contributed by atoms with van der Waals surface area (Å²) in [6, 6.07) is 4.24. The molecule has 0 aliphatic heterocycles. The Balaban J connectivity index is 1.94. The van der Waals surface area contributed by atoms with Gasteiger partial charge in [0.25, 0.3) is 5.91 Å². The van der Waals surface area contributed by atoms with E-state index in [0.717, 1.165) is 27.3 Å². The molecule has 0 atom stereocenters. The van der Waals surface area contributed by atoms with Crippen LogP contribution in [0.15, 0.2) is 17.5 Å². The van der Waals surface area contributed by atoms with Gasteiger partial charge < -0.3 is 9.88 Å². The minimum Gasteiger partial charge on any atom is -0.339 e. The third-order valence-electron chi connectivity index (χ3n) is 3.95. The Morgan fingerprint density at radius 1 is 1.36 bits per heavy atom. The summed E-state index contributed by atoms with van der Waals surface area (Å²) < 4.78 is 4.99. The van der Waals surface area contributed by atoms with Crippen molar-refractivity contribution in [3.63, 3.8) is 0 Å². The molecule has 6 heteroatoms. The molecule has 5 nitrogen and oxygen atoms in total. The quantitative estimate of drug-likeness (QED) is 0.797. The summed E-state index contributed by atoms with van der Waals surface area (Å²) in [5.74, 6) is -0.0968. The highest BCUT2D eigenvalue weighted by Gasteiger charge is 2.19. The van der Waals surface area contributed by atoms with E-state index in [9.17, 15) is 4.79 Å². The van der Waals surface area contributed by atoms with Gasteiger partial charge in [0.1, 0.15) is 5.69 Å². The highest BCUT2D eigenvalue weighted by Crippen LogP contribution is 2.26. The second kappa shape index (κ2) is 5.28. The van der Waals surface area contributed by atoms with Crippen molar-refractivity contribution in [2.24, 2.45) is 7.05 Å². The van der Waals surface area contributed by atoms with Crippen LogP contribution in [-0.2, 0) is 7.05 Å².